The summed E-state index contributed by atoms with van der Waals surface area (Å²) in [5.74, 6) is 0. The molecular weight excluding hydrogens is 917 g/mol. The highest BCUT2D eigenvalue weighted by molar-refractivity contribution is 6.22. The van der Waals surface area contributed by atoms with Gasteiger partial charge in [-0.1, -0.05) is 210 Å². The minimum atomic E-state index is -0.0664. The normalized spacial score (nSPS) is 13.7. The summed E-state index contributed by atoms with van der Waals surface area (Å²) < 4.78 is 0. The van der Waals surface area contributed by atoms with Gasteiger partial charge in [0.2, 0.25) is 0 Å². The van der Waals surface area contributed by atoms with Gasteiger partial charge in [0.1, 0.15) is 0 Å². The topological polar surface area (TPSA) is 6.48 Å². The maximum atomic E-state index is 2.56. The Kier molecular flexibility index (Phi) is 10.9. The lowest BCUT2D eigenvalue weighted by molar-refractivity contribution is 0.490. The third kappa shape index (κ3) is 6.79. The van der Waals surface area contributed by atoms with Crippen molar-refractivity contribution in [1.29, 1.82) is 0 Å². The van der Waals surface area contributed by atoms with E-state index in [0.717, 1.165) is 42.7 Å². The molecule has 0 saturated heterocycles. The predicted molar refractivity (Wildman–Crippen MR) is 325 cm³/mol. The van der Waals surface area contributed by atoms with Gasteiger partial charge in [0.25, 0.3) is 0 Å². The molecule has 76 heavy (non-hydrogen) atoms. The lowest BCUT2D eigenvalue weighted by Crippen LogP contribution is -2.23. The number of anilines is 6. The minimum Gasteiger partial charge on any atom is -0.310 e. The number of fused-ring (bicyclic) bond motifs is 10. The second-order valence-electron chi connectivity index (χ2n) is 21.2. The zero-order valence-corrected chi connectivity index (χ0v) is 43.8. The van der Waals surface area contributed by atoms with E-state index < -0.39 is 0 Å². The molecule has 366 valence electrons. The largest absolute Gasteiger partial charge is 0.310 e. The van der Waals surface area contributed by atoms with Crippen LogP contribution in [0.5, 0.6) is 0 Å². The number of hydrogen-bond acceptors (Lipinski definition) is 2. The monoisotopic (exact) mass is 976 g/mol. The van der Waals surface area contributed by atoms with E-state index in [0.29, 0.717) is 0 Å². The molecule has 14 rings (SSSR count). The van der Waals surface area contributed by atoms with Crippen molar-refractivity contribution in [3.8, 4) is 33.4 Å². The molecule has 0 saturated carbocycles. The Hall–Kier alpha value is -8.72. The fraction of sp³-hybridized carbons (Fsp3) is 0.135. The molecule has 2 aliphatic rings. The molecule has 12 aromatic rings. The van der Waals surface area contributed by atoms with Crippen LogP contribution in [0, 0.1) is 0 Å². The number of nitrogens with zero attached hydrogens (tertiary/aromatic N) is 2. The average molecular weight is 977 g/mol. The van der Waals surface area contributed by atoms with E-state index in [1.165, 1.54) is 116 Å². The molecule has 0 atom stereocenters. The second-order valence-corrected chi connectivity index (χ2v) is 21.2. The van der Waals surface area contributed by atoms with Gasteiger partial charge in [-0.05, 0) is 174 Å². The molecule has 2 aliphatic carbocycles. The van der Waals surface area contributed by atoms with Crippen LogP contribution >= 0.6 is 0 Å². The highest BCUT2D eigenvalue weighted by atomic mass is 15.2. The molecule has 12 aromatic carbocycles. The van der Waals surface area contributed by atoms with E-state index in [-0.39, 0.29) is 10.8 Å². The standard InChI is InChI=1S/C74H60N2/c1-5-73(6-2)67-31-19-17-25-59(67)61-43-41-57(47-69(61)73)75(55-39-33-49-21-9-11-23-52(49)45-55)54-37-35-51(36-38-54)71-63-27-13-15-29-65(63)72(66-30-16-14-28-64(66)71)76(56-40-34-50-22-10-12-24-53(50)46-56)58-42-44-62-60-26-18-20-32-68(60)74(7-3,8-4)70(62)48-58/h9-48H,5-8H2,1-4H3. The van der Waals surface area contributed by atoms with Crippen LogP contribution in [-0.2, 0) is 10.8 Å². The third-order valence-corrected chi connectivity index (χ3v) is 18.0. The van der Waals surface area contributed by atoms with Gasteiger partial charge in [0, 0.05) is 50.0 Å². The van der Waals surface area contributed by atoms with Crippen molar-refractivity contribution in [3.05, 3.63) is 265 Å². The summed E-state index contributed by atoms with van der Waals surface area (Å²) in [5, 5.41) is 9.78. The Morgan fingerprint density at radius 1 is 0.276 bits per heavy atom. The first-order valence-corrected chi connectivity index (χ1v) is 27.6. The van der Waals surface area contributed by atoms with Crippen LogP contribution < -0.4 is 9.80 Å². The molecule has 0 fully saturated rings. The van der Waals surface area contributed by atoms with E-state index in [4.69, 9.17) is 0 Å². The van der Waals surface area contributed by atoms with Crippen LogP contribution in [0.4, 0.5) is 34.1 Å². The van der Waals surface area contributed by atoms with E-state index in [2.05, 4.69) is 280 Å². The summed E-state index contributed by atoms with van der Waals surface area (Å²) in [6.07, 6.45) is 4.16. The van der Waals surface area contributed by atoms with Crippen molar-refractivity contribution in [2.24, 2.45) is 0 Å². The Morgan fingerprint density at radius 3 is 1.12 bits per heavy atom. The summed E-state index contributed by atoms with van der Waals surface area (Å²) in [4.78, 5) is 5.03. The highest BCUT2D eigenvalue weighted by Gasteiger charge is 2.42. The lowest BCUT2D eigenvalue weighted by Gasteiger charge is -2.33. The van der Waals surface area contributed by atoms with Crippen LogP contribution in [0.15, 0.2) is 243 Å². The molecule has 0 bridgehead atoms. The van der Waals surface area contributed by atoms with Crippen molar-refractivity contribution in [2.45, 2.75) is 64.2 Å². The van der Waals surface area contributed by atoms with Crippen molar-refractivity contribution < 1.29 is 0 Å². The minimum absolute atomic E-state index is 0.0407. The maximum Gasteiger partial charge on any atom is 0.0618 e. The Labute approximate surface area is 447 Å². The van der Waals surface area contributed by atoms with Gasteiger partial charge in [0.15, 0.2) is 0 Å². The van der Waals surface area contributed by atoms with Crippen LogP contribution in [0.1, 0.15) is 75.6 Å². The first-order valence-electron chi connectivity index (χ1n) is 27.6. The van der Waals surface area contributed by atoms with E-state index in [1.54, 1.807) is 0 Å². The van der Waals surface area contributed by atoms with Gasteiger partial charge in [-0.2, -0.15) is 0 Å². The van der Waals surface area contributed by atoms with Crippen LogP contribution in [0.3, 0.4) is 0 Å². The average Bonchev–Trinajstić information content (AvgIpc) is 4.08. The van der Waals surface area contributed by atoms with E-state index in [9.17, 15) is 0 Å². The van der Waals surface area contributed by atoms with Crippen LogP contribution in [0.2, 0.25) is 0 Å². The zero-order chi connectivity index (χ0) is 51.1. The van der Waals surface area contributed by atoms with Gasteiger partial charge in [-0.3, -0.25) is 0 Å². The molecule has 0 aliphatic heterocycles. The van der Waals surface area contributed by atoms with Gasteiger partial charge >= 0.3 is 0 Å². The van der Waals surface area contributed by atoms with Gasteiger partial charge in [0.05, 0.1) is 5.69 Å². The molecule has 0 heterocycles. The zero-order valence-electron chi connectivity index (χ0n) is 43.8. The molecule has 0 N–H and O–H groups in total. The lowest BCUT2D eigenvalue weighted by atomic mass is 9.74. The number of rotatable bonds is 11. The molecule has 2 heteroatoms. The SMILES string of the molecule is CCC1(CC)c2ccccc2-c2ccc(N(c3ccc(-c4c5ccccc5c(N(c5ccc6c(c5)C(CC)(CC)c5ccccc5-6)c5ccc6ccccc6c5)c5ccccc45)cc3)c3ccc4ccccc4c3)cc21. The fourth-order valence-corrected chi connectivity index (χ4v) is 14.1. The van der Waals surface area contributed by atoms with Crippen LogP contribution in [0.25, 0.3) is 76.5 Å². The summed E-state index contributed by atoms with van der Waals surface area (Å²) in [6.45, 7) is 9.45. The molecule has 0 amide bonds. The first-order chi connectivity index (χ1) is 37.5. The Morgan fingerprint density at radius 2 is 0.632 bits per heavy atom. The quantitative estimate of drug-likeness (QED) is 0.119. The summed E-state index contributed by atoms with van der Waals surface area (Å²) >= 11 is 0. The van der Waals surface area contributed by atoms with Gasteiger partial charge < -0.3 is 9.80 Å². The third-order valence-electron chi connectivity index (χ3n) is 18.0. The summed E-state index contributed by atoms with van der Waals surface area (Å²) in [5.41, 5.74) is 20.4. The Bertz CT molecular complexity index is 4190. The van der Waals surface area contributed by atoms with E-state index >= 15 is 0 Å². The smallest absolute Gasteiger partial charge is 0.0618 e. The molecular formula is C74H60N2. The van der Waals surface area contributed by atoms with Gasteiger partial charge in [-0.15, -0.1) is 0 Å². The fourth-order valence-electron chi connectivity index (χ4n) is 14.1. The molecule has 0 spiro atoms. The molecule has 2 nitrogen and oxygen atoms in total. The number of hydrogen-bond donors (Lipinski definition) is 0. The summed E-state index contributed by atoms with van der Waals surface area (Å²) in [6, 6.07) is 91.7. The van der Waals surface area contributed by atoms with Crippen molar-refractivity contribution in [3.63, 3.8) is 0 Å². The predicted octanol–water partition coefficient (Wildman–Crippen LogP) is 21.1. The van der Waals surface area contributed by atoms with E-state index in [1.807, 2.05) is 0 Å². The maximum absolute atomic E-state index is 2.56. The molecule has 0 unspecified atom stereocenters. The molecule has 0 aromatic heterocycles. The molecule has 0 radical (unpaired) electrons. The first kappa shape index (κ1) is 45.9. The van der Waals surface area contributed by atoms with Crippen LogP contribution in [-0.4, -0.2) is 0 Å². The van der Waals surface area contributed by atoms with Crippen molar-refractivity contribution in [2.75, 3.05) is 9.80 Å². The Balaban J connectivity index is 0.954. The summed E-state index contributed by atoms with van der Waals surface area (Å²) in [7, 11) is 0. The van der Waals surface area contributed by atoms with Crippen molar-refractivity contribution in [1.82, 2.24) is 0 Å². The van der Waals surface area contributed by atoms with Gasteiger partial charge in [-0.25, -0.2) is 0 Å². The highest BCUT2D eigenvalue weighted by Crippen LogP contribution is 2.57. The second kappa shape index (κ2) is 18.0. The van der Waals surface area contributed by atoms with Crippen molar-refractivity contribution >= 4 is 77.2 Å². The number of benzene rings is 12.